The molecule has 0 radical (unpaired) electrons. The van der Waals surface area contributed by atoms with Crippen LogP contribution in [0.25, 0.3) is 0 Å². The van der Waals surface area contributed by atoms with Crippen molar-refractivity contribution in [2.24, 2.45) is 0 Å². The maximum absolute atomic E-state index is 12.3. The molecule has 0 atom stereocenters. The first-order valence-electron chi connectivity index (χ1n) is 10.0. The quantitative estimate of drug-likeness (QED) is 0.684. The minimum absolute atomic E-state index is 0.100. The highest BCUT2D eigenvalue weighted by Gasteiger charge is 2.52. The van der Waals surface area contributed by atoms with Crippen molar-refractivity contribution < 1.29 is 9.53 Å². The van der Waals surface area contributed by atoms with Crippen molar-refractivity contribution in [3.05, 3.63) is 94.1 Å². The monoisotopic (exact) mass is 356 g/mol. The van der Waals surface area contributed by atoms with Gasteiger partial charge in [0, 0.05) is 17.8 Å². The Balaban J connectivity index is 1.75. The van der Waals surface area contributed by atoms with Crippen LogP contribution < -0.4 is 0 Å². The van der Waals surface area contributed by atoms with Gasteiger partial charge in [-0.2, -0.15) is 0 Å². The van der Waals surface area contributed by atoms with Gasteiger partial charge in [0.15, 0.2) is 0 Å². The summed E-state index contributed by atoms with van der Waals surface area (Å²) in [6.07, 6.45) is 8.05. The number of carbonyl (C=O) groups excluding carboxylic acids is 1. The van der Waals surface area contributed by atoms with Crippen molar-refractivity contribution in [1.82, 2.24) is 0 Å². The maximum atomic E-state index is 12.3. The Morgan fingerprint density at radius 2 is 1.74 bits per heavy atom. The highest BCUT2D eigenvalue weighted by molar-refractivity contribution is 5.74. The van der Waals surface area contributed by atoms with Crippen LogP contribution in [0.1, 0.15) is 60.8 Å². The normalized spacial score (nSPS) is 24.3. The lowest BCUT2D eigenvalue weighted by atomic mass is 9.50. The predicted octanol–water partition coefficient (Wildman–Crippen LogP) is 5.42. The van der Waals surface area contributed by atoms with E-state index in [-0.39, 0.29) is 11.4 Å². The molecule has 136 valence electrons. The van der Waals surface area contributed by atoms with Gasteiger partial charge >= 0.3 is 5.97 Å². The average molecular weight is 356 g/mol. The van der Waals surface area contributed by atoms with E-state index in [1.807, 2.05) is 6.92 Å². The van der Waals surface area contributed by atoms with E-state index in [1.165, 1.54) is 27.8 Å². The highest BCUT2D eigenvalue weighted by atomic mass is 16.5. The van der Waals surface area contributed by atoms with Crippen LogP contribution in [0.4, 0.5) is 0 Å². The lowest BCUT2D eigenvalue weighted by Crippen LogP contribution is -2.43. The molecule has 0 unspecified atom stereocenters. The molecule has 2 nitrogen and oxygen atoms in total. The van der Waals surface area contributed by atoms with Crippen molar-refractivity contribution >= 4 is 5.97 Å². The van der Waals surface area contributed by atoms with E-state index in [0.29, 0.717) is 18.9 Å². The standard InChI is InChI=1S/C25H24O2/c1-2-27-23(26)15-16-25-20-12-6-3-9-17(20)24(18-10-4-7-13-21(18)25)19-11-5-8-14-22(19)25/h3-4,6-10,12-14,24H,2,5,11,15-16H2,1H3. The van der Waals surface area contributed by atoms with Gasteiger partial charge in [-0.25, -0.2) is 0 Å². The third-order valence-corrected chi connectivity index (χ3v) is 6.49. The summed E-state index contributed by atoms with van der Waals surface area (Å²) in [6.45, 7) is 2.31. The van der Waals surface area contributed by atoms with E-state index >= 15 is 0 Å². The van der Waals surface area contributed by atoms with Crippen LogP contribution >= 0.6 is 0 Å². The van der Waals surface area contributed by atoms with Crippen LogP contribution in [0.5, 0.6) is 0 Å². The third-order valence-electron chi connectivity index (χ3n) is 6.49. The molecule has 2 heteroatoms. The van der Waals surface area contributed by atoms with Crippen LogP contribution in [-0.4, -0.2) is 12.6 Å². The maximum Gasteiger partial charge on any atom is 0.305 e. The minimum atomic E-state index is -0.235. The molecule has 0 saturated carbocycles. The fraction of sp³-hybridized carbons (Fsp3) is 0.320. The molecule has 2 aromatic rings. The number of benzene rings is 2. The molecule has 0 aromatic heterocycles. The summed E-state index contributed by atoms with van der Waals surface area (Å²) in [5.74, 6) is 0.262. The van der Waals surface area contributed by atoms with Crippen LogP contribution in [0.2, 0.25) is 0 Å². The molecule has 4 aliphatic rings. The van der Waals surface area contributed by atoms with Crippen LogP contribution in [0.3, 0.4) is 0 Å². The number of carbonyl (C=O) groups is 1. The predicted molar refractivity (Wildman–Crippen MR) is 107 cm³/mol. The summed E-state index contributed by atoms with van der Waals surface area (Å²) in [4.78, 5) is 12.3. The van der Waals surface area contributed by atoms with E-state index in [4.69, 9.17) is 4.74 Å². The number of rotatable bonds is 4. The van der Waals surface area contributed by atoms with Crippen LogP contribution in [0.15, 0.2) is 71.8 Å². The molecule has 0 spiro atoms. The zero-order chi connectivity index (χ0) is 18.4. The first kappa shape index (κ1) is 16.6. The molecule has 4 aliphatic carbocycles. The fourth-order valence-corrected chi connectivity index (χ4v) is 5.58. The SMILES string of the molecule is CCOC(=O)CCC12C3=C(CCC=C3)C(c3ccccc31)c1ccccc12. The number of hydrogen-bond donors (Lipinski definition) is 0. The van der Waals surface area contributed by atoms with E-state index in [1.54, 1.807) is 5.57 Å². The van der Waals surface area contributed by atoms with Crippen molar-refractivity contribution in [2.45, 2.75) is 43.9 Å². The number of esters is 1. The molecule has 0 N–H and O–H groups in total. The van der Waals surface area contributed by atoms with E-state index in [0.717, 1.165) is 19.3 Å². The second-order valence-electron chi connectivity index (χ2n) is 7.70. The Labute approximate surface area is 160 Å². The first-order valence-corrected chi connectivity index (χ1v) is 10.0. The van der Waals surface area contributed by atoms with Gasteiger partial charge in [-0.3, -0.25) is 4.79 Å². The highest BCUT2D eigenvalue weighted by Crippen LogP contribution is 2.62. The van der Waals surface area contributed by atoms with Gasteiger partial charge in [0.05, 0.1) is 6.61 Å². The summed E-state index contributed by atoms with van der Waals surface area (Å²) in [5, 5.41) is 0. The Bertz CT molecular complexity index is 932. The lowest BCUT2D eigenvalue weighted by molar-refractivity contribution is -0.143. The Hall–Kier alpha value is -2.61. The molecule has 2 aromatic carbocycles. The van der Waals surface area contributed by atoms with Crippen molar-refractivity contribution in [2.75, 3.05) is 6.61 Å². The Morgan fingerprint density at radius 1 is 1.07 bits per heavy atom. The molecule has 0 fully saturated rings. The molecule has 0 heterocycles. The summed E-state index contributed by atoms with van der Waals surface area (Å²) in [6, 6.07) is 17.7. The molecule has 6 rings (SSSR count). The molecule has 0 saturated heterocycles. The van der Waals surface area contributed by atoms with Gasteiger partial charge < -0.3 is 4.74 Å². The van der Waals surface area contributed by atoms with Gasteiger partial charge in [-0.1, -0.05) is 66.3 Å². The summed E-state index contributed by atoms with van der Waals surface area (Å²) in [5.41, 5.74) is 8.36. The van der Waals surface area contributed by atoms with E-state index in [2.05, 4.69) is 60.7 Å². The summed E-state index contributed by atoms with van der Waals surface area (Å²) < 4.78 is 5.27. The molecular formula is C25H24O2. The van der Waals surface area contributed by atoms with Crippen molar-refractivity contribution in [3.63, 3.8) is 0 Å². The van der Waals surface area contributed by atoms with Gasteiger partial charge in [-0.15, -0.1) is 0 Å². The first-order chi connectivity index (χ1) is 13.3. The van der Waals surface area contributed by atoms with E-state index in [9.17, 15) is 4.79 Å². The average Bonchev–Trinajstić information content (AvgIpc) is 2.72. The van der Waals surface area contributed by atoms with Crippen molar-refractivity contribution in [1.29, 1.82) is 0 Å². The Morgan fingerprint density at radius 3 is 2.41 bits per heavy atom. The van der Waals surface area contributed by atoms with Gasteiger partial charge in [0.2, 0.25) is 0 Å². The topological polar surface area (TPSA) is 26.3 Å². The van der Waals surface area contributed by atoms with Gasteiger partial charge in [0.25, 0.3) is 0 Å². The van der Waals surface area contributed by atoms with Crippen molar-refractivity contribution in [3.8, 4) is 0 Å². The number of ether oxygens (including phenoxy) is 1. The molecule has 0 amide bonds. The van der Waals surface area contributed by atoms with Gasteiger partial charge in [-0.05, 0) is 54.0 Å². The molecule has 2 bridgehead atoms. The smallest absolute Gasteiger partial charge is 0.305 e. The molecular weight excluding hydrogens is 332 g/mol. The minimum Gasteiger partial charge on any atom is -0.466 e. The van der Waals surface area contributed by atoms with E-state index < -0.39 is 0 Å². The third kappa shape index (κ3) is 2.22. The second-order valence-corrected chi connectivity index (χ2v) is 7.70. The summed E-state index contributed by atoms with van der Waals surface area (Å²) >= 11 is 0. The van der Waals surface area contributed by atoms with Crippen LogP contribution in [0, 0.1) is 0 Å². The number of allylic oxidation sites excluding steroid dienone is 4. The zero-order valence-corrected chi connectivity index (χ0v) is 15.7. The van der Waals surface area contributed by atoms with Crippen LogP contribution in [-0.2, 0) is 14.9 Å². The lowest BCUT2D eigenvalue weighted by Gasteiger charge is -2.52. The van der Waals surface area contributed by atoms with Gasteiger partial charge in [0.1, 0.15) is 0 Å². The zero-order valence-electron chi connectivity index (χ0n) is 15.7. The summed E-state index contributed by atoms with van der Waals surface area (Å²) in [7, 11) is 0. The Kier molecular flexibility index (Phi) is 3.82. The number of hydrogen-bond acceptors (Lipinski definition) is 2. The second kappa shape index (κ2) is 6.23. The largest absolute Gasteiger partial charge is 0.466 e. The molecule has 0 aliphatic heterocycles. The molecule has 27 heavy (non-hydrogen) atoms. The fourth-order valence-electron chi connectivity index (χ4n) is 5.58.